The van der Waals surface area contributed by atoms with Gasteiger partial charge >= 0.3 is 0 Å². The van der Waals surface area contributed by atoms with Gasteiger partial charge in [0, 0.05) is 46.3 Å². The van der Waals surface area contributed by atoms with E-state index in [0.29, 0.717) is 52.0 Å². The fourth-order valence-corrected chi connectivity index (χ4v) is 2.99. The van der Waals surface area contributed by atoms with Crippen molar-refractivity contribution in [1.29, 1.82) is 0 Å². The lowest BCUT2D eigenvalue weighted by Crippen LogP contribution is -2.51. The third-order valence-electron chi connectivity index (χ3n) is 4.77. The normalized spacial score (nSPS) is 15.1. The van der Waals surface area contributed by atoms with Crippen molar-refractivity contribution in [2.45, 2.75) is 25.4 Å². The van der Waals surface area contributed by atoms with Crippen LogP contribution in [0.4, 0.5) is 0 Å². The van der Waals surface area contributed by atoms with Crippen LogP contribution in [0.25, 0.3) is 0 Å². The van der Waals surface area contributed by atoms with E-state index in [1.54, 1.807) is 19.1 Å². The van der Waals surface area contributed by atoms with Crippen LogP contribution in [0.2, 0.25) is 0 Å². The number of ether oxygens (including phenoxy) is 2. The standard InChI is InChI=1S/C19H29N3O4.ClH/c1-25-16-6-3-15(4-7-16)5-8-18(23)21-9-11-22(12-10-21)19(24)13-17(14-20)26-2;/h3-4,6-7,17H,5,8-14,20H2,1-2H3;1H. The van der Waals surface area contributed by atoms with Crippen LogP contribution in [0, 0.1) is 0 Å². The van der Waals surface area contributed by atoms with Crippen molar-refractivity contribution >= 4 is 24.2 Å². The largest absolute Gasteiger partial charge is 0.497 e. The van der Waals surface area contributed by atoms with Crippen molar-refractivity contribution in [3.8, 4) is 5.75 Å². The molecule has 1 aliphatic heterocycles. The van der Waals surface area contributed by atoms with E-state index < -0.39 is 0 Å². The van der Waals surface area contributed by atoms with Gasteiger partial charge in [0.05, 0.1) is 19.6 Å². The van der Waals surface area contributed by atoms with Crippen molar-refractivity contribution in [2.24, 2.45) is 5.73 Å². The van der Waals surface area contributed by atoms with Gasteiger partial charge in [-0.2, -0.15) is 0 Å². The maximum absolute atomic E-state index is 12.4. The van der Waals surface area contributed by atoms with E-state index in [1.165, 1.54) is 0 Å². The molecular weight excluding hydrogens is 370 g/mol. The summed E-state index contributed by atoms with van der Waals surface area (Å²) < 4.78 is 10.3. The summed E-state index contributed by atoms with van der Waals surface area (Å²) in [5, 5.41) is 0. The second kappa shape index (κ2) is 11.8. The van der Waals surface area contributed by atoms with Gasteiger partial charge in [-0.15, -0.1) is 12.4 Å². The molecule has 0 aliphatic carbocycles. The number of piperazine rings is 1. The summed E-state index contributed by atoms with van der Waals surface area (Å²) in [7, 11) is 3.19. The Morgan fingerprint density at radius 1 is 1.04 bits per heavy atom. The Balaban J connectivity index is 0.00000364. The molecular formula is C19H30ClN3O4. The van der Waals surface area contributed by atoms with Gasteiger partial charge in [-0.1, -0.05) is 12.1 Å². The van der Waals surface area contributed by atoms with Crippen molar-refractivity contribution < 1.29 is 19.1 Å². The smallest absolute Gasteiger partial charge is 0.225 e. The van der Waals surface area contributed by atoms with Crippen LogP contribution in [0.5, 0.6) is 5.75 Å². The van der Waals surface area contributed by atoms with Crippen molar-refractivity contribution in [3.63, 3.8) is 0 Å². The number of amides is 2. The van der Waals surface area contributed by atoms with Crippen LogP contribution in [0.3, 0.4) is 0 Å². The average Bonchev–Trinajstić information content (AvgIpc) is 2.70. The highest BCUT2D eigenvalue weighted by molar-refractivity contribution is 5.85. The van der Waals surface area contributed by atoms with Crippen LogP contribution in [0.15, 0.2) is 24.3 Å². The van der Waals surface area contributed by atoms with Gasteiger partial charge in [0.2, 0.25) is 11.8 Å². The monoisotopic (exact) mass is 399 g/mol. The molecule has 1 saturated heterocycles. The van der Waals surface area contributed by atoms with Crippen LogP contribution >= 0.6 is 12.4 Å². The summed E-state index contributed by atoms with van der Waals surface area (Å²) >= 11 is 0. The number of carbonyl (C=O) groups is 2. The van der Waals surface area contributed by atoms with Crippen LogP contribution in [0.1, 0.15) is 18.4 Å². The Morgan fingerprint density at radius 3 is 2.07 bits per heavy atom. The van der Waals surface area contributed by atoms with E-state index in [4.69, 9.17) is 15.2 Å². The maximum atomic E-state index is 12.4. The van der Waals surface area contributed by atoms with Gasteiger partial charge < -0.3 is 25.0 Å². The summed E-state index contributed by atoms with van der Waals surface area (Å²) in [6, 6.07) is 7.76. The Kier molecular flexibility index (Phi) is 10.1. The van der Waals surface area contributed by atoms with Gasteiger partial charge in [-0.05, 0) is 24.1 Å². The van der Waals surface area contributed by atoms with Gasteiger partial charge in [0.25, 0.3) is 0 Å². The maximum Gasteiger partial charge on any atom is 0.225 e. The summed E-state index contributed by atoms with van der Waals surface area (Å²) in [6.45, 7) is 2.61. The van der Waals surface area contributed by atoms with Crippen molar-refractivity contribution in [3.05, 3.63) is 29.8 Å². The highest BCUT2D eigenvalue weighted by atomic mass is 35.5. The lowest BCUT2D eigenvalue weighted by Gasteiger charge is -2.35. The lowest BCUT2D eigenvalue weighted by atomic mass is 10.1. The molecule has 2 rings (SSSR count). The zero-order valence-corrected chi connectivity index (χ0v) is 16.9. The molecule has 152 valence electrons. The topological polar surface area (TPSA) is 85.1 Å². The number of rotatable bonds is 8. The highest BCUT2D eigenvalue weighted by Crippen LogP contribution is 2.14. The lowest BCUT2D eigenvalue weighted by molar-refractivity contribution is -0.140. The molecule has 0 saturated carbocycles. The first-order valence-electron chi connectivity index (χ1n) is 8.98. The molecule has 0 bridgehead atoms. The molecule has 0 aromatic heterocycles. The van der Waals surface area contributed by atoms with Crippen molar-refractivity contribution in [1.82, 2.24) is 9.80 Å². The zero-order chi connectivity index (χ0) is 18.9. The summed E-state index contributed by atoms with van der Waals surface area (Å²) in [5.74, 6) is 0.975. The third-order valence-corrected chi connectivity index (χ3v) is 4.77. The van der Waals surface area contributed by atoms with E-state index in [2.05, 4.69) is 0 Å². The quantitative estimate of drug-likeness (QED) is 0.707. The minimum absolute atomic E-state index is 0. The molecule has 7 nitrogen and oxygen atoms in total. The molecule has 0 radical (unpaired) electrons. The summed E-state index contributed by atoms with van der Waals surface area (Å²) in [4.78, 5) is 28.3. The number of aryl methyl sites for hydroxylation is 1. The minimum Gasteiger partial charge on any atom is -0.497 e. The van der Waals surface area contributed by atoms with E-state index in [1.807, 2.05) is 29.2 Å². The highest BCUT2D eigenvalue weighted by Gasteiger charge is 2.25. The molecule has 1 unspecified atom stereocenters. The predicted octanol–water partition coefficient (Wildman–Crippen LogP) is 1.08. The number of nitrogens with two attached hydrogens (primary N) is 1. The fraction of sp³-hybridized carbons (Fsp3) is 0.579. The molecule has 2 amide bonds. The molecule has 1 heterocycles. The zero-order valence-electron chi connectivity index (χ0n) is 16.1. The Bertz CT molecular complexity index is 585. The molecule has 1 atom stereocenters. The SMILES string of the molecule is COc1ccc(CCC(=O)N2CCN(C(=O)CC(CN)OC)CC2)cc1.Cl. The molecule has 2 N–H and O–H groups in total. The number of methoxy groups -OCH3 is 2. The number of benzene rings is 1. The molecule has 27 heavy (non-hydrogen) atoms. The number of halogens is 1. The third kappa shape index (κ3) is 7.01. The first-order chi connectivity index (χ1) is 12.6. The Labute approximate surface area is 167 Å². The fourth-order valence-electron chi connectivity index (χ4n) is 2.99. The van der Waals surface area contributed by atoms with Gasteiger partial charge in [0.1, 0.15) is 5.75 Å². The molecule has 8 heteroatoms. The molecule has 1 aromatic carbocycles. The van der Waals surface area contributed by atoms with Gasteiger partial charge in [-0.25, -0.2) is 0 Å². The number of hydrogen-bond donors (Lipinski definition) is 1. The van der Waals surface area contributed by atoms with Gasteiger partial charge in [0.15, 0.2) is 0 Å². The van der Waals surface area contributed by atoms with Crippen LogP contribution in [-0.4, -0.2) is 74.7 Å². The molecule has 1 fully saturated rings. The van der Waals surface area contributed by atoms with E-state index in [0.717, 1.165) is 11.3 Å². The number of hydrogen-bond acceptors (Lipinski definition) is 5. The van der Waals surface area contributed by atoms with E-state index >= 15 is 0 Å². The number of carbonyl (C=O) groups excluding carboxylic acids is 2. The van der Waals surface area contributed by atoms with Crippen LogP contribution < -0.4 is 10.5 Å². The first kappa shape index (κ1) is 23.2. The predicted molar refractivity (Wildman–Crippen MR) is 106 cm³/mol. The average molecular weight is 400 g/mol. The summed E-state index contributed by atoms with van der Waals surface area (Å²) in [6.07, 6.45) is 1.22. The van der Waals surface area contributed by atoms with E-state index in [-0.39, 0.29) is 30.3 Å². The Hall–Kier alpha value is -1.83. The molecule has 1 aliphatic rings. The van der Waals surface area contributed by atoms with Crippen LogP contribution in [-0.2, 0) is 20.7 Å². The first-order valence-corrected chi connectivity index (χ1v) is 8.98. The number of nitrogens with zero attached hydrogens (tertiary/aromatic N) is 2. The Morgan fingerprint density at radius 2 is 1.59 bits per heavy atom. The summed E-state index contributed by atoms with van der Waals surface area (Å²) in [5.41, 5.74) is 6.68. The van der Waals surface area contributed by atoms with E-state index in [9.17, 15) is 9.59 Å². The van der Waals surface area contributed by atoms with Gasteiger partial charge in [-0.3, -0.25) is 9.59 Å². The molecule has 0 spiro atoms. The molecule has 1 aromatic rings. The van der Waals surface area contributed by atoms with Crippen molar-refractivity contribution in [2.75, 3.05) is 46.9 Å². The minimum atomic E-state index is -0.244. The second-order valence-corrected chi connectivity index (χ2v) is 6.41. The second-order valence-electron chi connectivity index (χ2n) is 6.41.